The first kappa shape index (κ1) is 18.7. The van der Waals surface area contributed by atoms with Gasteiger partial charge in [0.05, 0.1) is 35.7 Å². The number of hydrogen-bond acceptors (Lipinski definition) is 7. The van der Waals surface area contributed by atoms with Crippen LogP contribution < -0.4 is 10.7 Å². The highest BCUT2D eigenvalue weighted by Gasteiger charge is 2.14. The van der Waals surface area contributed by atoms with Crippen LogP contribution in [0.4, 0.5) is 24.7 Å². The van der Waals surface area contributed by atoms with Gasteiger partial charge in [-0.05, 0) is 13.0 Å². The lowest BCUT2D eigenvalue weighted by Gasteiger charge is -2.15. The fourth-order valence-corrected chi connectivity index (χ4v) is 2.77. The zero-order valence-electron chi connectivity index (χ0n) is 15.2. The van der Waals surface area contributed by atoms with Crippen LogP contribution in [0.1, 0.15) is 18.8 Å². The van der Waals surface area contributed by atoms with Crippen LogP contribution in [-0.4, -0.2) is 40.8 Å². The Kier molecular flexibility index (Phi) is 4.97. The average Bonchev–Trinajstić information content (AvgIpc) is 3.29. The van der Waals surface area contributed by atoms with E-state index in [-0.39, 0.29) is 6.04 Å². The highest BCUT2D eigenvalue weighted by molar-refractivity contribution is 5.89. The van der Waals surface area contributed by atoms with Crippen molar-refractivity contribution in [3.63, 3.8) is 0 Å². The number of fused-ring (bicyclic) bond motifs is 1. The second kappa shape index (κ2) is 7.73. The summed E-state index contributed by atoms with van der Waals surface area (Å²) in [5.74, 6) is 0.414. The molecule has 0 aliphatic carbocycles. The maximum Gasteiger partial charge on any atom is 0.257 e. The van der Waals surface area contributed by atoms with Gasteiger partial charge in [-0.15, -0.1) is 0 Å². The summed E-state index contributed by atoms with van der Waals surface area (Å²) in [5, 5.41) is 7.65. The second-order valence-electron chi connectivity index (χ2n) is 6.22. The highest BCUT2D eigenvalue weighted by Crippen LogP contribution is 2.24. The maximum absolute atomic E-state index is 13.0. The van der Waals surface area contributed by atoms with Gasteiger partial charge < -0.3 is 10.7 Å². The molecule has 4 aromatic heterocycles. The third-order valence-corrected chi connectivity index (χ3v) is 4.06. The fourth-order valence-electron chi connectivity index (χ4n) is 2.77. The predicted octanol–water partition coefficient (Wildman–Crippen LogP) is 2.87. The van der Waals surface area contributed by atoms with Crippen LogP contribution in [0.3, 0.4) is 0 Å². The third kappa shape index (κ3) is 4.10. The molecule has 0 saturated carbocycles. The van der Waals surface area contributed by atoms with Gasteiger partial charge in [-0.3, -0.25) is 4.68 Å². The van der Waals surface area contributed by atoms with Gasteiger partial charge in [-0.25, -0.2) is 37.8 Å². The molecule has 1 unspecified atom stereocenters. The molecule has 4 aromatic rings. The van der Waals surface area contributed by atoms with Crippen LogP contribution in [0.5, 0.6) is 0 Å². The molecule has 0 aliphatic rings. The van der Waals surface area contributed by atoms with Gasteiger partial charge in [0.1, 0.15) is 18.7 Å². The van der Waals surface area contributed by atoms with E-state index in [9.17, 15) is 13.2 Å². The molecule has 29 heavy (non-hydrogen) atoms. The molecule has 150 valence electrons. The number of alkyl halides is 2. The summed E-state index contributed by atoms with van der Waals surface area (Å²) in [6.07, 6.45) is 5.78. The monoisotopic (exact) mass is 403 g/mol. The van der Waals surface area contributed by atoms with Gasteiger partial charge in [0.2, 0.25) is 0 Å². The third-order valence-electron chi connectivity index (χ3n) is 4.06. The van der Waals surface area contributed by atoms with Gasteiger partial charge in [-0.1, -0.05) is 0 Å². The number of aromatic nitrogens is 7. The molecule has 0 bridgehead atoms. The number of nitrogens with zero attached hydrogens (tertiary/aromatic N) is 7. The summed E-state index contributed by atoms with van der Waals surface area (Å²) in [6, 6.07) is 1.48. The molecule has 2 N–H and O–H groups in total. The minimum absolute atomic E-state index is 0.315. The van der Waals surface area contributed by atoms with Crippen molar-refractivity contribution < 1.29 is 13.2 Å². The molecule has 0 aliphatic heterocycles. The summed E-state index contributed by atoms with van der Waals surface area (Å²) in [6.45, 7) is 1.35. The van der Waals surface area contributed by atoms with Crippen molar-refractivity contribution in [1.82, 2.24) is 34.4 Å². The Hall–Kier alpha value is -3.70. The molecule has 0 fully saturated rings. The van der Waals surface area contributed by atoms with Gasteiger partial charge in [-0.2, -0.15) is 5.10 Å². The van der Waals surface area contributed by atoms with Gasteiger partial charge in [0.25, 0.3) is 6.43 Å². The quantitative estimate of drug-likeness (QED) is 0.490. The smallest absolute Gasteiger partial charge is 0.257 e. The standard InChI is InChI=1S/C17H16F3N9/c1-10(15-21-4-11(18)5-22-15)27-29-3-2-13-16(23-9-24-17(13)29)26-12-6-25-28(7-12)8-14(19)20/h2-7,9-10,14,27H,8H2,1H3,(H,23,24,26). The Labute approximate surface area is 162 Å². The normalized spacial score (nSPS) is 12.4. The fraction of sp³-hybridized carbons (Fsp3) is 0.235. The molecule has 4 rings (SSSR count). The van der Waals surface area contributed by atoms with E-state index in [2.05, 4.69) is 35.8 Å². The first-order valence-corrected chi connectivity index (χ1v) is 8.63. The van der Waals surface area contributed by atoms with E-state index in [4.69, 9.17) is 0 Å². The molecule has 0 spiro atoms. The van der Waals surface area contributed by atoms with Crippen molar-refractivity contribution in [2.75, 3.05) is 10.7 Å². The largest absolute Gasteiger partial charge is 0.337 e. The van der Waals surface area contributed by atoms with Gasteiger partial charge in [0.15, 0.2) is 17.3 Å². The summed E-state index contributed by atoms with van der Waals surface area (Å²) in [4.78, 5) is 16.4. The SMILES string of the molecule is CC(Nn1ccc2c(Nc3cnn(CC(F)F)c3)ncnc21)c1ncc(F)cn1. The Balaban J connectivity index is 1.55. The zero-order valence-corrected chi connectivity index (χ0v) is 15.2. The minimum atomic E-state index is -2.49. The first-order valence-electron chi connectivity index (χ1n) is 8.63. The van der Waals surface area contributed by atoms with Crippen LogP contribution in [0.2, 0.25) is 0 Å². The molecule has 4 heterocycles. The van der Waals surface area contributed by atoms with Crippen LogP contribution in [-0.2, 0) is 6.54 Å². The summed E-state index contributed by atoms with van der Waals surface area (Å²) in [7, 11) is 0. The molecular formula is C17H16F3N9. The lowest BCUT2D eigenvalue weighted by atomic mass is 10.3. The Morgan fingerprint density at radius 1 is 1.10 bits per heavy atom. The van der Waals surface area contributed by atoms with Crippen molar-refractivity contribution in [3.8, 4) is 0 Å². The maximum atomic E-state index is 13.0. The van der Waals surface area contributed by atoms with Crippen molar-refractivity contribution in [2.45, 2.75) is 25.9 Å². The number of nitrogens with one attached hydrogen (secondary N) is 2. The van der Waals surface area contributed by atoms with Crippen LogP contribution >= 0.6 is 0 Å². The summed E-state index contributed by atoms with van der Waals surface area (Å²) in [5.41, 5.74) is 4.28. The topological polar surface area (TPSA) is 98.4 Å². The second-order valence-corrected chi connectivity index (χ2v) is 6.22. The first-order chi connectivity index (χ1) is 14.0. The van der Waals surface area contributed by atoms with Gasteiger partial charge in [0, 0.05) is 12.4 Å². The molecule has 12 heteroatoms. The van der Waals surface area contributed by atoms with E-state index < -0.39 is 18.8 Å². The van der Waals surface area contributed by atoms with Crippen molar-refractivity contribution >= 4 is 22.5 Å². The Morgan fingerprint density at radius 2 is 1.90 bits per heavy atom. The van der Waals surface area contributed by atoms with Crippen LogP contribution in [0, 0.1) is 5.82 Å². The average molecular weight is 403 g/mol. The molecule has 0 saturated heterocycles. The molecular weight excluding hydrogens is 387 g/mol. The lowest BCUT2D eigenvalue weighted by Crippen LogP contribution is -2.20. The lowest BCUT2D eigenvalue weighted by molar-refractivity contribution is 0.122. The molecule has 9 nitrogen and oxygen atoms in total. The van der Waals surface area contributed by atoms with Crippen LogP contribution in [0.25, 0.3) is 11.0 Å². The number of anilines is 2. The van der Waals surface area contributed by atoms with E-state index in [1.54, 1.807) is 16.9 Å². The molecule has 1 atom stereocenters. The number of halogens is 3. The number of hydrogen-bond donors (Lipinski definition) is 2. The predicted molar refractivity (Wildman–Crippen MR) is 98.8 cm³/mol. The van der Waals surface area contributed by atoms with E-state index in [1.165, 1.54) is 18.7 Å². The van der Waals surface area contributed by atoms with Crippen molar-refractivity contribution in [1.29, 1.82) is 0 Å². The highest BCUT2D eigenvalue weighted by atomic mass is 19.3. The zero-order chi connectivity index (χ0) is 20.4. The van der Waals surface area contributed by atoms with E-state index >= 15 is 0 Å². The summed E-state index contributed by atoms with van der Waals surface area (Å²) < 4.78 is 40.8. The molecule has 0 aromatic carbocycles. The van der Waals surface area contributed by atoms with E-state index in [0.717, 1.165) is 17.1 Å². The van der Waals surface area contributed by atoms with Crippen molar-refractivity contribution in [3.05, 3.63) is 55.0 Å². The van der Waals surface area contributed by atoms with Gasteiger partial charge >= 0.3 is 0 Å². The Morgan fingerprint density at radius 3 is 2.66 bits per heavy atom. The number of rotatable bonds is 7. The summed E-state index contributed by atoms with van der Waals surface area (Å²) >= 11 is 0. The van der Waals surface area contributed by atoms with E-state index in [1.807, 2.05) is 6.92 Å². The van der Waals surface area contributed by atoms with E-state index in [0.29, 0.717) is 28.4 Å². The Bertz CT molecular complexity index is 1110. The van der Waals surface area contributed by atoms with Crippen molar-refractivity contribution in [2.24, 2.45) is 0 Å². The van der Waals surface area contributed by atoms with Crippen LogP contribution in [0.15, 0.2) is 43.4 Å². The molecule has 0 radical (unpaired) electrons. The molecule has 0 amide bonds. The minimum Gasteiger partial charge on any atom is -0.337 e.